The number of allylic oxidation sites excluding steroid dienone is 1. The van der Waals surface area contributed by atoms with E-state index in [-0.39, 0.29) is 5.54 Å². The lowest BCUT2D eigenvalue weighted by atomic mass is 9.98. The van der Waals surface area contributed by atoms with Gasteiger partial charge in [-0.15, -0.1) is 0 Å². The molecule has 1 atom stereocenters. The average molecular weight is 325 g/mol. The normalized spacial score (nSPS) is 19.0. The zero-order valence-corrected chi connectivity index (χ0v) is 14.3. The van der Waals surface area contributed by atoms with Crippen molar-refractivity contribution in [1.82, 2.24) is 9.97 Å². The number of hydrogen-bond donors (Lipinski definition) is 0. The predicted octanol–water partition coefficient (Wildman–Crippen LogP) is 5.06. The molecular weight excluding hydrogens is 306 g/mol. The first-order chi connectivity index (χ1) is 12.1. The monoisotopic (exact) mass is 325 g/mol. The summed E-state index contributed by atoms with van der Waals surface area (Å²) in [7, 11) is 0. The van der Waals surface area contributed by atoms with Gasteiger partial charge in [-0.3, -0.25) is 9.98 Å². The van der Waals surface area contributed by atoms with Crippen LogP contribution in [0.2, 0.25) is 0 Å². The minimum Gasteiger partial charge on any atom is -0.273 e. The first-order valence-electron chi connectivity index (χ1n) is 8.38. The molecule has 0 saturated heterocycles. The molecule has 1 aliphatic heterocycles. The van der Waals surface area contributed by atoms with Crippen LogP contribution in [0.5, 0.6) is 0 Å². The Hall–Kier alpha value is -3.07. The number of aromatic nitrogens is 2. The second-order valence-corrected chi connectivity index (χ2v) is 6.46. The van der Waals surface area contributed by atoms with E-state index in [1.807, 2.05) is 31.3 Å². The first-order valence-corrected chi connectivity index (χ1v) is 8.38. The summed E-state index contributed by atoms with van der Waals surface area (Å²) in [4.78, 5) is 13.8. The van der Waals surface area contributed by atoms with Crippen molar-refractivity contribution in [2.45, 2.75) is 19.4 Å². The topological polar surface area (TPSA) is 38.1 Å². The van der Waals surface area contributed by atoms with Crippen LogP contribution in [0.3, 0.4) is 0 Å². The Morgan fingerprint density at radius 1 is 0.840 bits per heavy atom. The van der Waals surface area contributed by atoms with Gasteiger partial charge in [0.2, 0.25) is 0 Å². The molecule has 3 nitrogen and oxygen atoms in total. The Kier molecular flexibility index (Phi) is 3.77. The van der Waals surface area contributed by atoms with Crippen molar-refractivity contribution >= 4 is 5.71 Å². The van der Waals surface area contributed by atoms with E-state index >= 15 is 0 Å². The second kappa shape index (κ2) is 6.10. The zero-order valence-electron chi connectivity index (χ0n) is 14.3. The van der Waals surface area contributed by atoms with Gasteiger partial charge in [0.05, 0.1) is 11.4 Å². The molecule has 0 aliphatic carbocycles. The highest BCUT2D eigenvalue weighted by Gasteiger charge is 2.27. The molecule has 25 heavy (non-hydrogen) atoms. The van der Waals surface area contributed by atoms with Crippen LogP contribution in [0.25, 0.3) is 22.4 Å². The number of rotatable bonds is 3. The summed E-state index contributed by atoms with van der Waals surface area (Å²) in [5.41, 5.74) is 5.97. The lowest BCUT2D eigenvalue weighted by molar-refractivity contribution is 0.622. The van der Waals surface area contributed by atoms with Crippen molar-refractivity contribution in [2.75, 3.05) is 0 Å². The molecule has 0 spiro atoms. The lowest BCUT2D eigenvalue weighted by Crippen LogP contribution is -2.16. The highest BCUT2D eigenvalue weighted by Crippen LogP contribution is 2.31. The fourth-order valence-electron chi connectivity index (χ4n) is 3.11. The standard InChI is InChI=1S/C22H19N3/c1-16-12-13-22(2,25-16)21-7-3-6-20(24-21)18-10-8-17(9-11-18)19-5-4-14-23-15-19/h3-15H,1-2H3. The molecule has 1 unspecified atom stereocenters. The van der Waals surface area contributed by atoms with Gasteiger partial charge in [0.15, 0.2) is 0 Å². The lowest BCUT2D eigenvalue weighted by Gasteiger charge is -2.18. The maximum absolute atomic E-state index is 4.86. The second-order valence-electron chi connectivity index (χ2n) is 6.46. The predicted molar refractivity (Wildman–Crippen MR) is 103 cm³/mol. The molecule has 3 heterocycles. The van der Waals surface area contributed by atoms with E-state index in [0.717, 1.165) is 33.8 Å². The zero-order chi connectivity index (χ0) is 17.3. The van der Waals surface area contributed by atoms with Gasteiger partial charge >= 0.3 is 0 Å². The highest BCUT2D eigenvalue weighted by molar-refractivity contribution is 5.95. The van der Waals surface area contributed by atoms with Gasteiger partial charge in [-0.25, -0.2) is 4.98 Å². The third-order valence-corrected chi connectivity index (χ3v) is 4.50. The summed E-state index contributed by atoms with van der Waals surface area (Å²) >= 11 is 0. The Balaban J connectivity index is 1.67. The van der Waals surface area contributed by atoms with Crippen molar-refractivity contribution in [3.8, 4) is 22.4 Å². The van der Waals surface area contributed by atoms with Crippen LogP contribution in [0, 0.1) is 0 Å². The molecular formula is C22H19N3. The van der Waals surface area contributed by atoms with E-state index in [1.165, 1.54) is 0 Å². The van der Waals surface area contributed by atoms with E-state index in [2.05, 4.69) is 60.5 Å². The number of benzene rings is 1. The molecule has 4 rings (SSSR count). The Bertz CT molecular complexity index is 956. The number of aliphatic imine (C=N–C) groups is 1. The van der Waals surface area contributed by atoms with E-state index in [1.54, 1.807) is 6.20 Å². The summed E-state index contributed by atoms with van der Waals surface area (Å²) < 4.78 is 0. The van der Waals surface area contributed by atoms with Gasteiger partial charge in [0.25, 0.3) is 0 Å². The molecule has 0 saturated carbocycles. The Labute approximate surface area is 147 Å². The van der Waals surface area contributed by atoms with Crippen LogP contribution in [0.1, 0.15) is 19.5 Å². The molecule has 3 heteroatoms. The van der Waals surface area contributed by atoms with Crippen molar-refractivity contribution in [3.05, 3.63) is 84.8 Å². The quantitative estimate of drug-likeness (QED) is 0.675. The number of pyridine rings is 2. The molecule has 3 aromatic rings. The molecule has 1 aliphatic rings. The first kappa shape index (κ1) is 15.5. The van der Waals surface area contributed by atoms with Crippen LogP contribution < -0.4 is 0 Å². The number of hydrogen-bond acceptors (Lipinski definition) is 3. The summed E-state index contributed by atoms with van der Waals surface area (Å²) in [6.07, 6.45) is 7.83. The van der Waals surface area contributed by atoms with Crippen LogP contribution in [-0.4, -0.2) is 15.7 Å². The van der Waals surface area contributed by atoms with Crippen molar-refractivity contribution in [2.24, 2.45) is 4.99 Å². The van der Waals surface area contributed by atoms with Crippen LogP contribution in [0.15, 0.2) is 84.1 Å². The van der Waals surface area contributed by atoms with E-state index in [4.69, 9.17) is 9.98 Å². The van der Waals surface area contributed by atoms with Crippen LogP contribution >= 0.6 is 0 Å². The fraction of sp³-hybridized carbons (Fsp3) is 0.136. The summed E-state index contributed by atoms with van der Waals surface area (Å²) in [5, 5.41) is 0. The highest BCUT2D eigenvalue weighted by atomic mass is 14.9. The van der Waals surface area contributed by atoms with E-state index in [0.29, 0.717) is 0 Å². The molecule has 2 aromatic heterocycles. The SMILES string of the molecule is CC1=NC(C)(c2cccc(-c3ccc(-c4cccnc4)cc3)n2)C=C1. The maximum Gasteiger partial charge on any atom is 0.118 e. The maximum atomic E-state index is 4.86. The molecule has 122 valence electrons. The van der Waals surface area contributed by atoms with Crippen LogP contribution in [0.4, 0.5) is 0 Å². The van der Waals surface area contributed by atoms with Gasteiger partial charge < -0.3 is 0 Å². The van der Waals surface area contributed by atoms with E-state index in [9.17, 15) is 0 Å². The average Bonchev–Trinajstić information content (AvgIpc) is 3.03. The Morgan fingerprint density at radius 2 is 1.64 bits per heavy atom. The van der Waals surface area contributed by atoms with Gasteiger partial charge in [-0.05, 0) is 55.3 Å². The molecule has 0 bridgehead atoms. The molecule has 0 fully saturated rings. The van der Waals surface area contributed by atoms with Crippen molar-refractivity contribution in [1.29, 1.82) is 0 Å². The Morgan fingerprint density at radius 3 is 2.32 bits per heavy atom. The third kappa shape index (κ3) is 3.01. The summed E-state index contributed by atoms with van der Waals surface area (Å²) in [5.74, 6) is 0. The van der Waals surface area contributed by atoms with E-state index < -0.39 is 0 Å². The largest absolute Gasteiger partial charge is 0.273 e. The fourth-order valence-corrected chi connectivity index (χ4v) is 3.11. The minimum absolute atomic E-state index is 0.365. The minimum atomic E-state index is -0.365. The molecule has 0 N–H and O–H groups in total. The molecule has 0 radical (unpaired) electrons. The summed E-state index contributed by atoms with van der Waals surface area (Å²) in [6.45, 7) is 4.11. The number of nitrogens with zero attached hydrogens (tertiary/aromatic N) is 3. The molecule has 0 amide bonds. The smallest absolute Gasteiger partial charge is 0.118 e. The van der Waals surface area contributed by atoms with Gasteiger partial charge in [0, 0.05) is 23.7 Å². The molecule has 1 aromatic carbocycles. The van der Waals surface area contributed by atoms with Crippen molar-refractivity contribution < 1.29 is 0 Å². The summed E-state index contributed by atoms with van der Waals surface area (Å²) in [6, 6.07) is 18.6. The van der Waals surface area contributed by atoms with Crippen molar-refractivity contribution in [3.63, 3.8) is 0 Å². The van der Waals surface area contributed by atoms with Gasteiger partial charge in [-0.1, -0.05) is 36.4 Å². The van der Waals surface area contributed by atoms with Gasteiger partial charge in [-0.2, -0.15) is 0 Å². The third-order valence-electron chi connectivity index (χ3n) is 4.50. The van der Waals surface area contributed by atoms with Crippen LogP contribution in [-0.2, 0) is 5.54 Å². The van der Waals surface area contributed by atoms with Gasteiger partial charge in [0.1, 0.15) is 5.54 Å².